The molecule has 118 valence electrons. The van der Waals surface area contributed by atoms with E-state index in [1.807, 2.05) is 49.4 Å². The van der Waals surface area contributed by atoms with Crippen LogP contribution in [-0.2, 0) is 0 Å². The van der Waals surface area contributed by atoms with Gasteiger partial charge in [-0.3, -0.25) is 0 Å². The largest absolute Gasteiger partial charge is 0.504 e. The Morgan fingerprint density at radius 2 is 2.04 bits per heavy atom. The summed E-state index contributed by atoms with van der Waals surface area (Å²) < 4.78 is 11.7. The zero-order valence-electron chi connectivity index (χ0n) is 12.9. The van der Waals surface area contributed by atoms with Crippen molar-refractivity contribution in [1.82, 2.24) is 4.98 Å². The molecule has 1 heterocycles. The van der Waals surface area contributed by atoms with Crippen LogP contribution >= 0.6 is 11.3 Å². The second kappa shape index (κ2) is 6.71. The summed E-state index contributed by atoms with van der Waals surface area (Å²) in [6, 6.07) is 11.1. The Kier molecular flexibility index (Phi) is 4.48. The lowest BCUT2D eigenvalue weighted by molar-refractivity contribution is 0.318. The molecular formula is C18H17NO3S. The normalized spacial score (nSPS) is 11.2. The minimum absolute atomic E-state index is 0.149. The average molecular weight is 327 g/mol. The van der Waals surface area contributed by atoms with Gasteiger partial charge in [0, 0.05) is 0 Å². The van der Waals surface area contributed by atoms with Crippen molar-refractivity contribution in [3.05, 3.63) is 47.0 Å². The van der Waals surface area contributed by atoms with Crippen molar-refractivity contribution in [2.75, 3.05) is 13.7 Å². The Hall–Kier alpha value is -2.53. The summed E-state index contributed by atoms with van der Waals surface area (Å²) in [7, 11) is 1.66. The van der Waals surface area contributed by atoms with Crippen LogP contribution in [0.3, 0.4) is 0 Å². The molecule has 0 aliphatic carbocycles. The first kappa shape index (κ1) is 15.4. The van der Waals surface area contributed by atoms with Gasteiger partial charge < -0.3 is 14.6 Å². The molecule has 3 aromatic rings. The van der Waals surface area contributed by atoms with E-state index >= 15 is 0 Å². The summed E-state index contributed by atoms with van der Waals surface area (Å²) in [5, 5.41) is 10.6. The predicted molar refractivity (Wildman–Crippen MR) is 94.4 cm³/mol. The number of rotatable bonds is 5. The monoisotopic (exact) mass is 327 g/mol. The standard InChI is InChI=1S/C18H17NO3S/c1-3-22-16-10-12(4-8-15(16)20)5-9-18-19-14-7-6-13(21-2)11-17(14)23-18/h4-11,20H,3H2,1-2H3. The van der Waals surface area contributed by atoms with Crippen molar-refractivity contribution < 1.29 is 14.6 Å². The number of ether oxygens (including phenoxy) is 2. The first-order valence-electron chi connectivity index (χ1n) is 7.28. The Balaban J connectivity index is 1.86. The lowest BCUT2D eigenvalue weighted by Crippen LogP contribution is -1.91. The van der Waals surface area contributed by atoms with E-state index in [4.69, 9.17) is 9.47 Å². The number of phenols is 1. The minimum Gasteiger partial charge on any atom is -0.504 e. The van der Waals surface area contributed by atoms with Crippen molar-refractivity contribution in [3.63, 3.8) is 0 Å². The maximum atomic E-state index is 9.72. The maximum absolute atomic E-state index is 9.72. The van der Waals surface area contributed by atoms with E-state index in [1.165, 1.54) is 0 Å². The van der Waals surface area contributed by atoms with Crippen molar-refractivity contribution in [1.29, 1.82) is 0 Å². The third-order valence-corrected chi connectivity index (χ3v) is 4.30. The molecule has 0 spiro atoms. The van der Waals surface area contributed by atoms with E-state index in [0.29, 0.717) is 12.4 Å². The quantitative estimate of drug-likeness (QED) is 0.745. The molecule has 5 heteroatoms. The van der Waals surface area contributed by atoms with E-state index in [1.54, 1.807) is 24.5 Å². The van der Waals surface area contributed by atoms with Crippen LogP contribution in [0.2, 0.25) is 0 Å². The third-order valence-electron chi connectivity index (χ3n) is 3.31. The van der Waals surface area contributed by atoms with Gasteiger partial charge in [0.15, 0.2) is 11.5 Å². The SMILES string of the molecule is CCOc1cc(C=Cc2nc3ccc(OC)cc3s2)ccc1O. The molecule has 0 radical (unpaired) electrons. The van der Waals surface area contributed by atoms with Crippen molar-refractivity contribution >= 4 is 33.7 Å². The van der Waals surface area contributed by atoms with E-state index in [9.17, 15) is 5.11 Å². The van der Waals surface area contributed by atoms with Crippen molar-refractivity contribution in [3.8, 4) is 17.2 Å². The number of methoxy groups -OCH3 is 1. The number of thiazole rings is 1. The zero-order valence-corrected chi connectivity index (χ0v) is 13.8. The Morgan fingerprint density at radius 3 is 2.83 bits per heavy atom. The van der Waals surface area contributed by atoms with Gasteiger partial charge in [-0.05, 0) is 48.9 Å². The van der Waals surface area contributed by atoms with Gasteiger partial charge in [-0.15, -0.1) is 11.3 Å². The van der Waals surface area contributed by atoms with Gasteiger partial charge in [0.25, 0.3) is 0 Å². The van der Waals surface area contributed by atoms with Gasteiger partial charge in [-0.25, -0.2) is 4.98 Å². The predicted octanol–water partition coefficient (Wildman–Crippen LogP) is 4.58. The van der Waals surface area contributed by atoms with Gasteiger partial charge in [0.05, 0.1) is 23.9 Å². The first-order valence-corrected chi connectivity index (χ1v) is 8.09. The summed E-state index contributed by atoms with van der Waals surface area (Å²) in [5.41, 5.74) is 1.90. The molecule has 0 saturated heterocycles. The summed E-state index contributed by atoms with van der Waals surface area (Å²) in [6.45, 7) is 2.40. The highest BCUT2D eigenvalue weighted by molar-refractivity contribution is 7.19. The van der Waals surface area contributed by atoms with Crippen molar-refractivity contribution in [2.45, 2.75) is 6.92 Å². The fourth-order valence-electron chi connectivity index (χ4n) is 2.19. The molecule has 4 nitrogen and oxygen atoms in total. The average Bonchev–Trinajstić information content (AvgIpc) is 2.97. The molecule has 1 N–H and O–H groups in total. The highest BCUT2D eigenvalue weighted by Crippen LogP contribution is 2.29. The molecule has 23 heavy (non-hydrogen) atoms. The van der Waals surface area contributed by atoms with E-state index in [-0.39, 0.29) is 5.75 Å². The molecule has 0 fully saturated rings. The van der Waals surface area contributed by atoms with Gasteiger partial charge >= 0.3 is 0 Å². The first-order chi connectivity index (χ1) is 11.2. The number of hydrogen-bond donors (Lipinski definition) is 1. The van der Waals surface area contributed by atoms with E-state index < -0.39 is 0 Å². The fourth-order valence-corrected chi connectivity index (χ4v) is 3.09. The smallest absolute Gasteiger partial charge is 0.161 e. The molecule has 0 amide bonds. The van der Waals surface area contributed by atoms with Gasteiger partial charge in [0.1, 0.15) is 10.8 Å². The van der Waals surface area contributed by atoms with Gasteiger partial charge in [-0.1, -0.05) is 12.1 Å². The van der Waals surface area contributed by atoms with Gasteiger partial charge in [0.2, 0.25) is 0 Å². The summed E-state index contributed by atoms with van der Waals surface area (Å²) in [6.07, 6.45) is 3.91. The molecule has 1 aromatic heterocycles. The Labute approximate surface area is 138 Å². The van der Waals surface area contributed by atoms with Crippen LogP contribution < -0.4 is 9.47 Å². The van der Waals surface area contributed by atoms with E-state index in [0.717, 1.165) is 26.5 Å². The van der Waals surface area contributed by atoms with Crippen LogP contribution in [0.4, 0.5) is 0 Å². The second-order valence-electron chi connectivity index (χ2n) is 4.88. The Morgan fingerprint density at radius 1 is 1.17 bits per heavy atom. The van der Waals surface area contributed by atoms with Crippen LogP contribution in [0.25, 0.3) is 22.4 Å². The molecule has 3 rings (SSSR count). The molecule has 2 aromatic carbocycles. The molecule has 0 atom stereocenters. The highest BCUT2D eigenvalue weighted by Gasteiger charge is 2.04. The second-order valence-corrected chi connectivity index (χ2v) is 5.94. The van der Waals surface area contributed by atoms with Crippen LogP contribution in [-0.4, -0.2) is 23.8 Å². The number of aromatic hydroxyl groups is 1. The van der Waals surface area contributed by atoms with Crippen LogP contribution in [0, 0.1) is 0 Å². The molecule has 0 aliphatic heterocycles. The number of phenolic OH excluding ortho intramolecular Hbond substituents is 1. The maximum Gasteiger partial charge on any atom is 0.161 e. The summed E-state index contributed by atoms with van der Waals surface area (Å²) in [5.74, 6) is 1.47. The number of nitrogens with zero attached hydrogens (tertiary/aromatic N) is 1. The van der Waals surface area contributed by atoms with Gasteiger partial charge in [-0.2, -0.15) is 0 Å². The molecule has 0 aliphatic rings. The zero-order chi connectivity index (χ0) is 16.2. The van der Waals surface area contributed by atoms with Crippen LogP contribution in [0.5, 0.6) is 17.2 Å². The summed E-state index contributed by atoms with van der Waals surface area (Å²) in [4.78, 5) is 4.58. The van der Waals surface area contributed by atoms with Crippen molar-refractivity contribution in [2.24, 2.45) is 0 Å². The number of hydrogen-bond acceptors (Lipinski definition) is 5. The lowest BCUT2D eigenvalue weighted by Gasteiger charge is -2.05. The highest BCUT2D eigenvalue weighted by atomic mass is 32.1. The van der Waals surface area contributed by atoms with Crippen LogP contribution in [0.1, 0.15) is 17.5 Å². The van der Waals surface area contributed by atoms with Crippen LogP contribution in [0.15, 0.2) is 36.4 Å². The summed E-state index contributed by atoms with van der Waals surface area (Å²) >= 11 is 1.61. The third kappa shape index (κ3) is 3.46. The Bertz CT molecular complexity index is 855. The number of benzene rings is 2. The molecule has 0 saturated carbocycles. The molecular weight excluding hydrogens is 310 g/mol. The topological polar surface area (TPSA) is 51.6 Å². The van der Waals surface area contributed by atoms with E-state index in [2.05, 4.69) is 4.98 Å². The minimum atomic E-state index is 0.149. The molecule has 0 unspecified atom stereocenters. The molecule has 0 bridgehead atoms. The lowest BCUT2D eigenvalue weighted by atomic mass is 10.2. The number of fused-ring (bicyclic) bond motifs is 1. The number of aromatic nitrogens is 1. The fraction of sp³-hybridized carbons (Fsp3) is 0.167.